The molecule has 1 fully saturated rings. The smallest absolute Gasteiger partial charge is 0.222 e. The van der Waals surface area contributed by atoms with Crippen LogP contribution in [0.1, 0.15) is 41.0 Å². The molecule has 5 nitrogen and oxygen atoms in total. The number of hydrogen-bond acceptors (Lipinski definition) is 4. The van der Waals surface area contributed by atoms with Crippen LogP contribution in [0.2, 0.25) is 0 Å². The second kappa shape index (κ2) is 6.20. The predicted octanol–water partition coefficient (Wildman–Crippen LogP) is 0.729. The van der Waals surface area contributed by atoms with E-state index >= 15 is 0 Å². The van der Waals surface area contributed by atoms with Gasteiger partial charge in [-0.2, -0.15) is 0 Å². The van der Waals surface area contributed by atoms with Crippen LogP contribution in [0.25, 0.3) is 0 Å². The molecule has 112 valence electrons. The number of nitrogens with zero attached hydrogens (tertiary/aromatic N) is 1. The Morgan fingerprint density at radius 1 is 1.47 bits per heavy atom. The zero-order valence-corrected chi connectivity index (χ0v) is 13.0. The van der Waals surface area contributed by atoms with Crippen molar-refractivity contribution < 1.29 is 9.53 Å². The van der Waals surface area contributed by atoms with Gasteiger partial charge in [-0.3, -0.25) is 9.69 Å². The van der Waals surface area contributed by atoms with Gasteiger partial charge in [0.15, 0.2) is 0 Å². The van der Waals surface area contributed by atoms with E-state index in [9.17, 15) is 4.79 Å². The highest BCUT2D eigenvalue weighted by Crippen LogP contribution is 2.19. The van der Waals surface area contributed by atoms with Crippen molar-refractivity contribution in [2.24, 2.45) is 5.73 Å². The summed E-state index contributed by atoms with van der Waals surface area (Å²) in [5.41, 5.74) is 5.49. The molecule has 1 atom stereocenters. The van der Waals surface area contributed by atoms with Crippen LogP contribution >= 0.6 is 0 Å². The first-order valence-electron chi connectivity index (χ1n) is 7.02. The van der Waals surface area contributed by atoms with Crippen molar-refractivity contribution in [2.45, 2.75) is 58.2 Å². The lowest BCUT2D eigenvalue weighted by Crippen LogP contribution is -2.55. The van der Waals surface area contributed by atoms with Gasteiger partial charge in [0.1, 0.15) is 0 Å². The van der Waals surface area contributed by atoms with Gasteiger partial charge >= 0.3 is 0 Å². The van der Waals surface area contributed by atoms with Crippen LogP contribution in [0.5, 0.6) is 0 Å². The third-order valence-electron chi connectivity index (χ3n) is 3.18. The highest BCUT2D eigenvalue weighted by atomic mass is 16.5. The topological polar surface area (TPSA) is 67.6 Å². The molecule has 0 radical (unpaired) electrons. The van der Waals surface area contributed by atoms with Gasteiger partial charge < -0.3 is 15.8 Å². The second-order valence-electron chi connectivity index (χ2n) is 6.97. The predicted molar refractivity (Wildman–Crippen MR) is 77.0 cm³/mol. The Morgan fingerprint density at radius 3 is 2.58 bits per heavy atom. The number of ether oxygens (including phenoxy) is 1. The van der Waals surface area contributed by atoms with E-state index in [4.69, 9.17) is 10.5 Å². The van der Waals surface area contributed by atoms with E-state index in [0.29, 0.717) is 19.6 Å². The Kier molecular flexibility index (Phi) is 5.35. The summed E-state index contributed by atoms with van der Waals surface area (Å²) in [6.07, 6.45) is 0.448. The van der Waals surface area contributed by atoms with Crippen molar-refractivity contribution in [1.82, 2.24) is 10.2 Å². The minimum atomic E-state index is -0.194. The fourth-order valence-corrected chi connectivity index (χ4v) is 2.41. The molecule has 1 rings (SSSR count). The van der Waals surface area contributed by atoms with Crippen LogP contribution in [0.15, 0.2) is 0 Å². The minimum Gasteiger partial charge on any atom is -0.373 e. The van der Waals surface area contributed by atoms with Crippen molar-refractivity contribution in [1.29, 1.82) is 0 Å². The Balaban J connectivity index is 2.56. The van der Waals surface area contributed by atoms with Crippen molar-refractivity contribution in [3.8, 4) is 0 Å². The van der Waals surface area contributed by atoms with Gasteiger partial charge in [0.05, 0.1) is 12.2 Å². The van der Waals surface area contributed by atoms with E-state index in [1.807, 2.05) is 20.8 Å². The zero-order valence-electron chi connectivity index (χ0n) is 13.0. The van der Waals surface area contributed by atoms with Gasteiger partial charge in [-0.25, -0.2) is 0 Å². The summed E-state index contributed by atoms with van der Waals surface area (Å²) in [5.74, 6) is 0.0623. The molecule has 1 saturated heterocycles. The monoisotopic (exact) mass is 271 g/mol. The summed E-state index contributed by atoms with van der Waals surface area (Å²) in [4.78, 5) is 14.3. The third-order valence-corrected chi connectivity index (χ3v) is 3.18. The van der Waals surface area contributed by atoms with Crippen molar-refractivity contribution >= 4 is 5.91 Å². The standard InChI is InChI=1S/C14H29N3O2/c1-13(2,3)16-12(18)8-11(9-15)17-6-7-19-14(4,5)10-17/h11H,6-10,15H2,1-5H3,(H,16,18). The molecule has 0 aromatic rings. The number of nitrogens with two attached hydrogens (primary N) is 1. The van der Waals surface area contributed by atoms with E-state index in [0.717, 1.165) is 13.1 Å². The summed E-state index contributed by atoms with van der Waals surface area (Å²) in [6, 6.07) is 0.0884. The Labute approximate surface area is 116 Å². The quantitative estimate of drug-likeness (QED) is 0.791. The van der Waals surface area contributed by atoms with E-state index < -0.39 is 0 Å². The number of amides is 1. The molecule has 0 bridgehead atoms. The van der Waals surface area contributed by atoms with Gasteiger partial charge in [-0.05, 0) is 34.6 Å². The molecular weight excluding hydrogens is 242 g/mol. The molecule has 0 aromatic heterocycles. The summed E-state index contributed by atoms with van der Waals surface area (Å²) >= 11 is 0. The van der Waals surface area contributed by atoms with Crippen molar-refractivity contribution in [3.63, 3.8) is 0 Å². The Morgan fingerprint density at radius 2 is 2.11 bits per heavy atom. The van der Waals surface area contributed by atoms with Gasteiger partial charge in [0, 0.05) is 37.6 Å². The van der Waals surface area contributed by atoms with Crippen LogP contribution in [-0.4, -0.2) is 54.2 Å². The molecule has 0 aliphatic carbocycles. The third kappa shape index (κ3) is 5.89. The highest BCUT2D eigenvalue weighted by molar-refractivity contribution is 5.77. The second-order valence-corrected chi connectivity index (χ2v) is 6.97. The maximum atomic E-state index is 12.0. The highest BCUT2D eigenvalue weighted by Gasteiger charge is 2.32. The lowest BCUT2D eigenvalue weighted by molar-refractivity contribution is -0.127. The summed E-state index contributed by atoms with van der Waals surface area (Å²) < 4.78 is 5.69. The molecule has 1 aliphatic heterocycles. The first-order chi connectivity index (χ1) is 8.63. The number of carbonyl (C=O) groups is 1. The number of hydrogen-bond donors (Lipinski definition) is 2. The molecule has 1 unspecified atom stereocenters. The molecule has 3 N–H and O–H groups in total. The summed E-state index contributed by atoms with van der Waals surface area (Å²) in [7, 11) is 0. The fourth-order valence-electron chi connectivity index (χ4n) is 2.41. The van der Waals surface area contributed by atoms with Gasteiger partial charge in [0.25, 0.3) is 0 Å². The van der Waals surface area contributed by atoms with Crippen molar-refractivity contribution in [2.75, 3.05) is 26.2 Å². The maximum Gasteiger partial charge on any atom is 0.222 e. The Bertz CT molecular complexity index is 310. The van der Waals surface area contributed by atoms with Gasteiger partial charge in [-0.15, -0.1) is 0 Å². The lowest BCUT2D eigenvalue weighted by atomic mass is 10.0. The van der Waals surface area contributed by atoms with E-state index in [1.54, 1.807) is 0 Å². The van der Waals surface area contributed by atoms with E-state index in [-0.39, 0.29) is 23.1 Å². The number of nitrogens with one attached hydrogen (secondary N) is 1. The molecule has 5 heteroatoms. The molecule has 1 aliphatic rings. The van der Waals surface area contributed by atoms with Gasteiger partial charge in [0.2, 0.25) is 5.91 Å². The Hall–Kier alpha value is -0.650. The van der Waals surface area contributed by atoms with Crippen LogP contribution < -0.4 is 11.1 Å². The summed E-state index contributed by atoms with van der Waals surface area (Å²) in [5, 5.41) is 2.99. The molecule has 0 aromatic carbocycles. The van der Waals surface area contributed by atoms with E-state index in [2.05, 4.69) is 24.1 Å². The van der Waals surface area contributed by atoms with Crippen LogP contribution in [0, 0.1) is 0 Å². The molecule has 19 heavy (non-hydrogen) atoms. The molecular formula is C14H29N3O2. The summed E-state index contributed by atoms with van der Waals surface area (Å²) in [6.45, 7) is 13.0. The maximum absolute atomic E-state index is 12.0. The molecule has 0 spiro atoms. The molecule has 1 heterocycles. The largest absolute Gasteiger partial charge is 0.373 e. The van der Waals surface area contributed by atoms with Crippen molar-refractivity contribution in [3.05, 3.63) is 0 Å². The average Bonchev–Trinajstić information content (AvgIpc) is 2.21. The van der Waals surface area contributed by atoms with Crippen LogP contribution in [0.4, 0.5) is 0 Å². The molecule has 0 saturated carbocycles. The number of morpholine rings is 1. The van der Waals surface area contributed by atoms with Gasteiger partial charge in [-0.1, -0.05) is 0 Å². The molecule has 1 amide bonds. The fraction of sp³-hybridized carbons (Fsp3) is 0.929. The average molecular weight is 271 g/mol. The van der Waals surface area contributed by atoms with Crippen LogP contribution in [0.3, 0.4) is 0 Å². The normalized spacial score (nSPS) is 22.0. The zero-order chi connectivity index (χ0) is 14.7. The SMILES string of the molecule is CC(C)(C)NC(=O)CC(CN)N1CCOC(C)(C)C1. The first kappa shape index (κ1) is 16.4. The lowest BCUT2D eigenvalue weighted by Gasteiger charge is -2.42. The minimum absolute atomic E-state index is 0.0623. The number of carbonyl (C=O) groups excluding carboxylic acids is 1. The van der Waals surface area contributed by atoms with Crippen LogP contribution in [-0.2, 0) is 9.53 Å². The first-order valence-corrected chi connectivity index (χ1v) is 7.02. The number of rotatable bonds is 4. The van der Waals surface area contributed by atoms with E-state index in [1.165, 1.54) is 0 Å².